The normalized spacial score (nSPS) is 31.9. The quantitative estimate of drug-likeness (QED) is 0.521. The van der Waals surface area contributed by atoms with Crippen LogP contribution in [0.2, 0.25) is 0 Å². The molecule has 234 valence electrons. The third-order valence-corrected chi connectivity index (χ3v) is 11.0. The summed E-state index contributed by atoms with van der Waals surface area (Å²) < 4.78 is 19.3. The van der Waals surface area contributed by atoms with Gasteiger partial charge >= 0.3 is 6.09 Å². The van der Waals surface area contributed by atoms with Crippen LogP contribution in [0, 0.1) is 18.3 Å². The molecule has 1 spiro atoms. The Morgan fingerprint density at radius 1 is 1.00 bits per heavy atom. The highest BCUT2D eigenvalue weighted by Crippen LogP contribution is 2.54. The number of fused-ring (bicyclic) bond motifs is 1. The summed E-state index contributed by atoms with van der Waals surface area (Å²) in [4.78, 5) is 22.3. The Kier molecular flexibility index (Phi) is 7.11. The lowest BCUT2D eigenvalue weighted by atomic mass is 9.61. The van der Waals surface area contributed by atoms with E-state index in [2.05, 4.69) is 46.2 Å². The first-order valence-electron chi connectivity index (χ1n) is 16.4. The van der Waals surface area contributed by atoms with Crippen molar-refractivity contribution in [3.63, 3.8) is 0 Å². The molecule has 10 heteroatoms. The van der Waals surface area contributed by atoms with E-state index < -0.39 is 5.60 Å². The number of carbonyl (C=O) groups is 1. The molecule has 5 aliphatic heterocycles. The van der Waals surface area contributed by atoms with Crippen molar-refractivity contribution >= 4 is 11.9 Å². The average Bonchev–Trinajstić information content (AvgIpc) is 3.44. The standard InChI is InChI=1S/C32H52N6O4/c1-22-11-28(33-38(22)24-13-32(14-24)20-35(21-32)29(39)42-30(2,3)4)37-8-7-23(12-31(37,5)6)15-34-9-10-36(25-16-40-17-25)27-19-41-18-26(27)34/h11,23-27H,7-10,12-21H2,1-6H3/t23-,26?,27?/m1/s1. The molecule has 2 unspecified atom stereocenters. The minimum absolute atomic E-state index is 0.0634. The summed E-state index contributed by atoms with van der Waals surface area (Å²) in [6.07, 6.45) is 4.39. The average molecular weight is 585 g/mol. The van der Waals surface area contributed by atoms with Crippen molar-refractivity contribution in [3.8, 4) is 0 Å². The Morgan fingerprint density at radius 3 is 2.38 bits per heavy atom. The van der Waals surface area contributed by atoms with E-state index in [0.717, 1.165) is 77.8 Å². The summed E-state index contributed by atoms with van der Waals surface area (Å²) in [6.45, 7) is 22.4. The Hall–Kier alpha value is -1.88. The molecular formula is C32H52N6O4. The van der Waals surface area contributed by atoms with E-state index in [1.807, 2.05) is 25.7 Å². The maximum absolute atomic E-state index is 12.4. The topological polar surface area (TPSA) is 75.5 Å². The molecule has 1 aliphatic carbocycles. The number of piperidine rings is 1. The number of piperazine rings is 1. The SMILES string of the molecule is Cc1cc(N2CC[C@@H](CN3CCN(C4COC4)C4COCC43)CC2(C)C)nn1C1CC2(C1)CN(C(=O)OC(C)(C)C)C2. The van der Waals surface area contributed by atoms with Crippen molar-refractivity contribution in [2.24, 2.45) is 11.3 Å². The highest BCUT2D eigenvalue weighted by molar-refractivity contribution is 5.69. The van der Waals surface area contributed by atoms with Crippen molar-refractivity contribution in [1.82, 2.24) is 24.5 Å². The molecule has 6 fully saturated rings. The van der Waals surface area contributed by atoms with Gasteiger partial charge in [0.05, 0.1) is 50.6 Å². The van der Waals surface area contributed by atoms with E-state index in [1.165, 1.54) is 25.1 Å². The summed E-state index contributed by atoms with van der Waals surface area (Å²) in [5.74, 6) is 1.82. The molecule has 1 amide bonds. The van der Waals surface area contributed by atoms with Gasteiger partial charge in [0.15, 0.2) is 5.82 Å². The van der Waals surface area contributed by atoms with E-state index in [4.69, 9.17) is 19.3 Å². The molecule has 1 aromatic heterocycles. The number of rotatable bonds is 5. The van der Waals surface area contributed by atoms with Crippen LogP contribution in [0.4, 0.5) is 10.6 Å². The lowest BCUT2D eigenvalue weighted by Crippen LogP contribution is -2.65. The summed E-state index contributed by atoms with van der Waals surface area (Å²) in [5, 5.41) is 5.19. The molecule has 6 aliphatic rings. The van der Waals surface area contributed by atoms with Gasteiger partial charge in [-0.25, -0.2) is 4.79 Å². The third kappa shape index (κ3) is 5.24. The van der Waals surface area contributed by atoms with Gasteiger partial charge in [0, 0.05) is 62.0 Å². The summed E-state index contributed by atoms with van der Waals surface area (Å²) in [5.41, 5.74) is 1.11. The van der Waals surface area contributed by atoms with Crippen LogP contribution in [0.1, 0.15) is 72.0 Å². The molecule has 1 saturated carbocycles. The maximum atomic E-state index is 12.4. The molecule has 10 nitrogen and oxygen atoms in total. The van der Waals surface area contributed by atoms with Gasteiger partial charge in [-0.2, -0.15) is 5.10 Å². The first-order valence-corrected chi connectivity index (χ1v) is 16.4. The van der Waals surface area contributed by atoms with Crippen LogP contribution in [-0.4, -0.2) is 126 Å². The van der Waals surface area contributed by atoms with E-state index in [1.54, 1.807) is 0 Å². The molecule has 0 N–H and O–H groups in total. The van der Waals surface area contributed by atoms with E-state index in [-0.39, 0.29) is 17.0 Å². The maximum Gasteiger partial charge on any atom is 0.410 e. The fourth-order valence-electron chi connectivity index (χ4n) is 8.88. The van der Waals surface area contributed by atoms with Gasteiger partial charge in [-0.1, -0.05) is 0 Å². The number of carbonyl (C=O) groups excluding carboxylic acids is 1. The van der Waals surface area contributed by atoms with Gasteiger partial charge in [-0.15, -0.1) is 0 Å². The number of hydrogen-bond acceptors (Lipinski definition) is 8. The number of amides is 1. The molecule has 5 saturated heterocycles. The zero-order valence-corrected chi connectivity index (χ0v) is 26.7. The highest BCUT2D eigenvalue weighted by atomic mass is 16.6. The second-order valence-electron chi connectivity index (χ2n) is 15.9. The molecule has 7 rings (SSSR count). The highest BCUT2D eigenvalue weighted by Gasteiger charge is 2.55. The van der Waals surface area contributed by atoms with E-state index >= 15 is 0 Å². The number of hydrogen-bond donors (Lipinski definition) is 0. The monoisotopic (exact) mass is 584 g/mol. The number of likely N-dealkylation sites (tertiary alicyclic amines) is 1. The van der Waals surface area contributed by atoms with Crippen LogP contribution >= 0.6 is 0 Å². The summed E-state index contributed by atoms with van der Waals surface area (Å²) >= 11 is 0. The molecule has 3 atom stereocenters. The van der Waals surface area contributed by atoms with Crippen molar-refractivity contribution in [3.05, 3.63) is 11.8 Å². The lowest BCUT2D eigenvalue weighted by Gasteiger charge is -2.58. The van der Waals surface area contributed by atoms with Crippen LogP contribution in [0.5, 0.6) is 0 Å². The second kappa shape index (κ2) is 10.3. The predicted molar refractivity (Wildman–Crippen MR) is 161 cm³/mol. The molecule has 6 heterocycles. The largest absolute Gasteiger partial charge is 0.444 e. The molecule has 42 heavy (non-hydrogen) atoms. The first kappa shape index (κ1) is 28.9. The molecular weight excluding hydrogens is 532 g/mol. The number of aromatic nitrogens is 2. The number of anilines is 1. The Labute approximate surface area is 251 Å². The van der Waals surface area contributed by atoms with Gasteiger partial charge in [-0.3, -0.25) is 14.5 Å². The predicted octanol–water partition coefficient (Wildman–Crippen LogP) is 3.54. The second-order valence-corrected chi connectivity index (χ2v) is 15.9. The van der Waals surface area contributed by atoms with Crippen molar-refractivity contribution in [2.45, 2.75) is 103 Å². The fourth-order valence-corrected chi connectivity index (χ4v) is 8.88. The minimum atomic E-state index is -0.443. The number of nitrogens with zero attached hydrogens (tertiary/aromatic N) is 6. The zero-order chi connectivity index (χ0) is 29.4. The summed E-state index contributed by atoms with van der Waals surface area (Å²) in [7, 11) is 0. The molecule has 0 aromatic carbocycles. The smallest absolute Gasteiger partial charge is 0.410 e. The first-order chi connectivity index (χ1) is 19.9. The lowest BCUT2D eigenvalue weighted by molar-refractivity contribution is -0.104. The molecule has 1 aromatic rings. The van der Waals surface area contributed by atoms with Crippen LogP contribution in [0.3, 0.4) is 0 Å². The Bertz CT molecular complexity index is 1160. The molecule has 0 radical (unpaired) electrons. The van der Waals surface area contributed by atoms with E-state index in [9.17, 15) is 4.79 Å². The van der Waals surface area contributed by atoms with Gasteiger partial charge in [0.1, 0.15) is 5.60 Å². The van der Waals surface area contributed by atoms with Gasteiger partial charge < -0.3 is 24.0 Å². The van der Waals surface area contributed by atoms with Crippen molar-refractivity contribution in [2.75, 3.05) is 70.6 Å². The van der Waals surface area contributed by atoms with Crippen LogP contribution < -0.4 is 4.90 Å². The fraction of sp³-hybridized carbons (Fsp3) is 0.875. The number of ether oxygens (including phenoxy) is 3. The van der Waals surface area contributed by atoms with Gasteiger partial charge in [0.2, 0.25) is 0 Å². The van der Waals surface area contributed by atoms with Crippen molar-refractivity contribution in [1.29, 1.82) is 0 Å². The van der Waals surface area contributed by atoms with Crippen molar-refractivity contribution < 1.29 is 19.0 Å². The van der Waals surface area contributed by atoms with Crippen LogP contribution in [-0.2, 0) is 14.2 Å². The molecule has 0 bridgehead atoms. The van der Waals surface area contributed by atoms with Crippen LogP contribution in [0.15, 0.2) is 6.07 Å². The zero-order valence-electron chi connectivity index (χ0n) is 26.7. The summed E-state index contributed by atoms with van der Waals surface area (Å²) in [6, 6.07) is 4.37. The third-order valence-electron chi connectivity index (χ3n) is 11.0. The number of aryl methyl sites for hydroxylation is 1. The van der Waals surface area contributed by atoms with Crippen LogP contribution in [0.25, 0.3) is 0 Å². The van der Waals surface area contributed by atoms with Gasteiger partial charge in [-0.05, 0) is 73.1 Å². The van der Waals surface area contributed by atoms with E-state index in [0.29, 0.717) is 30.1 Å². The Morgan fingerprint density at radius 2 is 1.71 bits per heavy atom. The van der Waals surface area contributed by atoms with Gasteiger partial charge in [0.25, 0.3) is 0 Å². The minimum Gasteiger partial charge on any atom is -0.444 e. The Balaban J connectivity index is 0.931.